The van der Waals surface area contributed by atoms with E-state index in [0.29, 0.717) is 24.6 Å². The third-order valence-electron chi connectivity index (χ3n) is 3.47. The van der Waals surface area contributed by atoms with Crippen LogP contribution in [0.1, 0.15) is 35.3 Å². The monoisotopic (exact) mass is 299 g/mol. The Morgan fingerprint density at radius 2 is 2.20 bits per heavy atom. The standard InChI is InChI=1S/C14H21N3O2.ClH/c15-10-13-9-12(2-6-16-13)14(18)17-5-1-11-3-7-19-8-4-11;/h2,6,9,11H,1,3-5,7-8,10,15H2,(H,17,18);1H. The Bertz CT molecular complexity index is 423. The van der Waals surface area contributed by atoms with Crippen molar-refractivity contribution in [2.75, 3.05) is 19.8 Å². The van der Waals surface area contributed by atoms with Crippen LogP contribution in [0, 0.1) is 5.92 Å². The molecule has 2 rings (SSSR count). The highest BCUT2D eigenvalue weighted by atomic mass is 35.5. The first-order chi connectivity index (χ1) is 9.29. The molecule has 2 heterocycles. The molecule has 0 saturated carbocycles. The number of nitrogens with one attached hydrogen (secondary N) is 1. The van der Waals surface area contributed by atoms with Gasteiger partial charge in [-0.15, -0.1) is 12.4 Å². The van der Waals surface area contributed by atoms with Gasteiger partial charge in [0.25, 0.3) is 5.91 Å². The van der Waals surface area contributed by atoms with E-state index in [1.807, 2.05) is 0 Å². The third kappa shape index (κ3) is 5.07. The van der Waals surface area contributed by atoms with E-state index in [1.165, 1.54) is 0 Å². The van der Waals surface area contributed by atoms with Crippen molar-refractivity contribution >= 4 is 18.3 Å². The number of nitrogens with zero attached hydrogens (tertiary/aromatic N) is 1. The van der Waals surface area contributed by atoms with Crippen molar-refractivity contribution in [1.82, 2.24) is 10.3 Å². The summed E-state index contributed by atoms with van der Waals surface area (Å²) in [5.41, 5.74) is 6.87. The van der Waals surface area contributed by atoms with Crippen molar-refractivity contribution < 1.29 is 9.53 Å². The van der Waals surface area contributed by atoms with Gasteiger partial charge in [0.1, 0.15) is 0 Å². The van der Waals surface area contributed by atoms with E-state index in [4.69, 9.17) is 10.5 Å². The van der Waals surface area contributed by atoms with E-state index in [2.05, 4.69) is 10.3 Å². The van der Waals surface area contributed by atoms with Crippen molar-refractivity contribution in [1.29, 1.82) is 0 Å². The van der Waals surface area contributed by atoms with Crippen molar-refractivity contribution in [3.8, 4) is 0 Å². The number of nitrogens with two attached hydrogens (primary N) is 1. The highest BCUT2D eigenvalue weighted by Crippen LogP contribution is 2.17. The van der Waals surface area contributed by atoms with E-state index < -0.39 is 0 Å². The van der Waals surface area contributed by atoms with Gasteiger partial charge in [-0.25, -0.2) is 0 Å². The molecule has 0 atom stereocenters. The summed E-state index contributed by atoms with van der Waals surface area (Å²) in [4.78, 5) is 16.0. The lowest BCUT2D eigenvalue weighted by molar-refractivity contribution is 0.0636. The fourth-order valence-corrected chi connectivity index (χ4v) is 2.26. The molecule has 0 aromatic carbocycles. The molecule has 1 fully saturated rings. The predicted octanol–water partition coefficient (Wildman–Crippen LogP) is 1.51. The summed E-state index contributed by atoms with van der Waals surface area (Å²) in [7, 11) is 0. The van der Waals surface area contributed by atoms with E-state index in [0.717, 1.165) is 38.2 Å². The minimum Gasteiger partial charge on any atom is -0.381 e. The topological polar surface area (TPSA) is 77.2 Å². The van der Waals surface area contributed by atoms with Crippen LogP contribution in [0.5, 0.6) is 0 Å². The molecular weight excluding hydrogens is 278 g/mol. The first-order valence-corrected chi connectivity index (χ1v) is 6.80. The maximum Gasteiger partial charge on any atom is 0.251 e. The predicted molar refractivity (Wildman–Crippen MR) is 79.9 cm³/mol. The molecule has 3 N–H and O–H groups in total. The quantitative estimate of drug-likeness (QED) is 0.864. The number of rotatable bonds is 5. The molecule has 0 radical (unpaired) electrons. The summed E-state index contributed by atoms with van der Waals surface area (Å²) in [6.45, 7) is 2.76. The SMILES string of the molecule is Cl.NCc1cc(C(=O)NCCC2CCOCC2)ccn1. The third-order valence-corrected chi connectivity index (χ3v) is 3.47. The van der Waals surface area contributed by atoms with Gasteiger partial charge in [0.05, 0.1) is 5.69 Å². The molecule has 20 heavy (non-hydrogen) atoms. The van der Waals surface area contributed by atoms with Crippen molar-refractivity contribution in [3.05, 3.63) is 29.6 Å². The number of amides is 1. The van der Waals surface area contributed by atoms with Gasteiger partial charge in [0.15, 0.2) is 0 Å². The molecule has 0 spiro atoms. The van der Waals surface area contributed by atoms with Gasteiger partial charge >= 0.3 is 0 Å². The number of aromatic nitrogens is 1. The van der Waals surface area contributed by atoms with Crippen molar-refractivity contribution in [2.45, 2.75) is 25.8 Å². The average molecular weight is 300 g/mol. The number of ether oxygens (including phenoxy) is 1. The van der Waals surface area contributed by atoms with E-state index in [-0.39, 0.29) is 18.3 Å². The van der Waals surface area contributed by atoms with Crippen LogP contribution in [0.3, 0.4) is 0 Å². The van der Waals surface area contributed by atoms with Crippen LogP contribution in [-0.2, 0) is 11.3 Å². The van der Waals surface area contributed by atoms with E-state index in [9.17, 15) is 4.79 Å². The lowest BCUT2D eigenvalue weighted by Crippen LogP contribution is -2.27. The number of hydrogen-bond donors (Lipinski definition) is 2. The summed E-state index contributed by atoms with van der Waals surface area (Å²) in [5, 5.41) is 2.95. The lowest BCUT2D eigenvalue weighted by Gasteiger charge is -2.21. The first kappa shape index (κ1) is 16.9. The maximum atomic E-state index is 12.0. The van der Waals surface area contributed by atoms with Gasteiger partial charge in [-0.1, -0.05) is 0 Å². The largest absolute Gasteiger partial charge is 0.381 e. The molecule has 1 saturated heterocycles. The van der Waals surface area contributed by atoms with Gasteiger partial charge in [0, 0.05) is 38.1 Å². The number of carbonyl (C=O) groups is 1. The number of halogens is 1. The normalized spacial score (nSPS) is 15.4. The minimum atomic E-state index is -0.0517. The van der Waals surface area contributed by atoms with Crippen LogP contribution in [0.2, 0.25) is 0 Å². The minimum absolute atomic E-state index is 0. The average Bonchev–Trinajstić information content (AvgIpc) is 2.48. The molecule has 112 valence electrons. The van der Waals surface area contributed by atoms with Gasteiger partial charge < -0.3 is 15.8 Å². The van der Waals surface area contributed by atoms with Gasteiger partial charge in [-0.05, 0) is 37.3 Å². The molecular formula is C14H22ClN3O2. The Morgan fingerprint density at radius 3 is 2.90 bits per heavy atom. The number of pyridine rings is 1. The molecule has 0 bridgehead atoms. The molecule has 0 aliphatic carbocycles. The van der Waals surface area contributed by atoms with Crippen molar-refractivity contribution in [2.24, 2.45) is 11.7 Å². The Balaban J connectivity index is 0.00000200. The molecule has 1 aromatic rings. The number of carbonyl (C=O) groups excluding carboxylic acids is 1. The smallest absolute Gasteiger partial charge is 0.251 e. The van der Waals surface area contributed by atoms with Crippen LogP contribution in [0.4, 0.5) is 0 Å². The van der Waals surface area contributed by atoms with Crippen LogP contribution >= 0.6 is 12.4 Å². The molecule has 1 amide bonds. The van der Waals surface area contributed by atoms with Gasteiger partial charge in [-0.3, -0.25) is 9.78 Å². The summed E-state index contributed by atoms with van der Waals surface area (Å²) in [6, 6.07) is 3.45. The molecule has 1 aliphatic rings. The summed E-state index contributed by atoms with van der Waals surface area (Å²) in [6.07, 6.45) is 4.84. The van der Waals surface area contributed by atoms with Gasteiger partial charge in [0.2, 0.25) is 0 Å². The zero-order chi connectivity index (χ0) is 13.5. The van der Waals surface area contributed by atoms with Gasteiger partial charge in [-0.2, -0.15) is 0 Å². The Morgan fingerprint density at radius 1 is 1.45 bits per heavy atom. The molecule has 6 heteroatoms. The highest BCUT2D eigenvalue weighted by molar-refractivity contribution is 5.94. The lowest BCUT2D eigenvalue weighted by atomic mass is 9.97. The van der Waals surface area contributed by atoms with E-state index >= 15 is 0 Å². The van der Waals surface area contributed by atoms with Crippen LogP contribution in [-0.4, -0.2) is 30.6 Å². The highest BCUT2D eigenvalue weighted by Gasteiger charge is 2.14. The van der Waals surface area contributed by atoms with Crippen molar-refractivity contribution in [3.63, 3.8) is 0 Å². The Hall–Kier alpha value is -1.17. The zero-order valence-corrected chi connectivity index (χ0v) is 12.3. The van der Waals surface area contributed by atoms with E-state index in [1.54, 1.807) is 18.3 Å². The van der Waals surface area contributed by atoms with Crippen LogP contribution in [0.15, 0.2) is 18.3 Å². The summed E-state index contributed by atoms with van der Waals surface area (Å²) >= 11 is 0. The molecule has 1 aliphatic heterocycles. The van der Waals surface area contributed by atoms with Crippen LogP contribution in [0.25, 0.3) is 0 Å². The molecule has 1 aromatic heterocycles. The summed E-state index contributed by atoms with van der Waals surface area (Å²) in [5.74, 6) is 0.621. The fourth-order valence-electron chi connectivity index (χ4n) is 2.26. The fraction of sp³-hybridized carbons (Fsp3) is 0.571. The maximum absolute atomic E-state index is 12.0. The second-order valence-electron chi connectivity index (χ2n) is 4.84. The second kappa shape index (κ2) is 8.89. The Kier molecular flexibility index (Phi) is 7.51. The zero-order valence-electron chi connectivity index (χ0n) is 11.5. The first-order valence-electron chi connectivity index (χ1n) is 6.80. The summed E-state index contributed by atoms with van der Waals surface area (Å²) < 4.78 is 5.32. The number of hydrogen-bond acceptors (Lipinski definition) is 4. The molecule has 5 nitrogen and oxygen atoms in total. The Labute approximate surface area is 125 Å². The molecule has 0 unspecified atom stereocenters. The van der Waals surface area contributed by atoms with Crippen LogP contribution < -0.4 is 11.1 Å². The second-order valence-corrected chi connectivity index (χ2v) is 4.84.